The molecule has 84 valence electrons. The molecule has 0 bridgehead atoms. The van der Waals surface area contributed by atoms with Crippen LogP contribution in [0.5, 0.6) is 0 Å². The predicted octanol–water partition coefficient (Wildman–Crippen LogP) is 1.56. The van der Waals surface area contributed by atoms with Crippen LogP contribution in [0, 0.1) is 0 Å². The van der Waals surface area contributed by atoms with Gasteiger partial charge in [-0.3, -0.25) is 4.79 Å². The molecule has 0 saturated carbocycles. The Labute approximate surface area is 90.7 Å². The summed E-state index contributed by atoms with van der Waals surface area (Å²) in [7, 11) is 0. The number of ether oxygens (including phenoxy) is 1. The Hall–Kier alpha value is -0.670. The Balaban J connectivity index is 2.18. The number of epoxide rings is 1. The molecule has 1 aliphatic carbocycles. The zero-order valence-corrected chi connectivity index (χ0v) is 9.51. The molecular formula is C12H19NO2. The minimum atomic E-state index is -0.828. The molecule has 1 aliphatic heterocycles. The van der Waals surface area contributed by atoms with E-state index in [2.05, 4.69) is 6.08 Å². The molecule has 1 saturated heterocycles. The van der Waals surface area contributed by atoms with Crippen LogP contribution in [-0.4, -0.2) is 23.5 Å². The molecule has 15 heavy (non-hydrogen) atoms. The van der Waals surface area contributed by atoms with Crippen LogP contribution < -0.4 is 5.73 Å². The number of carbonyl (C=O) groups excluding carboxylic acids is 1. The van der Waals surface area contributed by atoms with Gasteiger partial charge in [0.2, 0.25) is 0 Å². The van der Waals surface area contributed by atoms with Crippen molar-refractivity contribution in [3.05, 3.63) is 11.6 Å². The van der Waals surface area contributed by atoms with Gasteiger partial charge in [0.15, 0.2) is 5.78 Å². The second-order valence-electron chi connectivity index (χ2n) is 5.03. The molecule has 0 aromatic rings. The minimum absolute atomic E-state index is 0.0307. The van der Waals surface area contributed by atoms with E-state index >= 15 is 0 Å². The molecule has 0 radical (unpaired) electrons. The van der Waals surface area contributed by atoms with Crippen LogP contribution in [0.25, 0.3) is 0 Å². The lowest BCUT2D eigenvalue weighted by molar-refractivity contribution is -0.127. The molecule has 2 atom stereocenters. The maximum atomic E-state index is 12.2. The van der Waals surface area contributed by atoms with E-state index in [0.29, 0.717) is 6.61 Å². The van der Waals surface area contributed by atoms with Gasteiger partial charge in [0.25, 0.3) is 0 Å². The number of carbonyl (C=O) groups is 1. The first-order valence-corrected chi connectivity index (χ1v) is 5.64. The molecule has 2 aliphatic rings. The van der Waals surface area contributed by atoms with Gasteiger partial charge in [-0.15, -0.1) is 0 Å². The van der Waals surface area contributed by atoms with Crippen molar-refractivity contribution >= 4 is 5.78 Å². The highest BCUT2D eigenvalue weighted by atomic mass is 16.6. The van der Waals surface area contributed by atoms with Crippen molar-refractivity contribution in [1.29, 1.82) is 0 Å². The molecule has 0 aromatic carbocycles. The number of ketones is 1. The fraction of sp³-hybridized carbons (Fsp3) is 0.750. The second-order valence-corrected chi connectivity index (χ2v) is 5.03. The van der Waals surface area contributed by atoms with E-state index in [9.17, 15) is 4.79 Å². The number of nitrogens with two attached hydrogens (primary N) is 1. The number of allylic oxidation sites excluding steroid dienone is 1. The minimum Gasteiger partial charge on any atom is -0.361 e. The Morgan fingerprint density at radius 2 is 2.27 bits per heavy atom. The average Bonchev–Trinajstić information content (AvgIpc) is 2.98. The zero-order chi connectivity index (χ0) is 11.1. The molecule has 1 heterocycles. The quantitative estimate of drug-likeness (QED) is 0.567. The average molecular weight is 209 g/mol. The van der Waals surface area contributed by atoms with E-state index in [1.807, 2.05) is 13.8 Å². The van der Waals surface area contributed by atoms with Crippen molar-refractivity contribution in [2.24, 2.45) is 5.73 Å². The van der Waals surface area contributed by atoms with Crippen molar-refractivity contribution in [1.82, 2.24) is 0 Å². The van der Waals surface area contributed by atoms with Crippen LogP contribution in [0.2, 0.25) is 0 Å². The number of hydrogen-bond acceptors (Lipinski definition) is 3. The summed E-state index contributed by atoms with van der Waals surface area (Å²) in [5, 5.41) is 0. The first kappa shape index (κ1) is 10.8. The van der Waals surface area contributed by atoms with Crippen LogP contribution in [0.15, 0.2) is 11.6 Å². The molecule has 1 fully saturated rings. The molecular weight excluding hydrogens is 190 g/mol. The van der Waals surface area contributed by atoms with Crippen molar-refractivity contribution in [3.63, 3.8) is 0 Å². The summed E-state index contributed by atoms with van der Waals surface area (Å²) in [6.45, 7) is 4.16. The van der Waals surface area contributed by atoms with Gasteiger partial charge in [0, 0.05) is 0 Å². The first-order chi connectivity index (χ1) is 6.97. The summed E-state index contributed by atoms with van der Waals surface area (Å²) in [4.78, 5) is 12.2. The van der Waals surface area contributed by atoms with E-state index in [4.69, 9.17) is 10.5 Å². The zero-order valence-electron chi connectivity index (χ0n) is 9.51. The van der Waals surface area contributed by atoms with Crippen molar-refractivity contribution < 1.29 is 9.53 Å². The smallest absolute Gasteiger partial charge is 0.190 e. The third-order valence-electron chi connectivity index (χ3n) is 3.49. The first-order valence-electron chi connectivity index (χ1n) is 5.64. The van der Waals surface area contributed by atoms with E-state index in [1.165, 1.54) is 6.42 Å². The molecule has 0 unspecified atom stereocenters. The largest absolute Gasteiger partial charge is 0.361 e. The molecule has 0 aromatic heterocycles. The summed E-state index contributed by atoms with van der Waals surface area (Å²) >= 11 is 0. The topological polar surface area (TPSA) is 55.6 Å². The summed E-state index contributed by atoms with van der Waals surface area (Å²) in [6.07, 6.45) is 6.49. The predicted molar refractivity (Wildman–Crippen MR) is 58.5 cm³/mol. The summed E-state index contributed by atoms with van der Waals surface area (Å²) in [6, 6.07) is 0. The molecule has 2 rings (SSSR count). The van der Waals surface area contributed by atoms with Crippen molar-refractivity contribution in [2.45, 2.75) is 50.7 Å². The Kier molecular flexibility index (Phi) is 2.47. The van der Waals surface area contributed by atoms with Crippen LogP contribution in [0.4, 0.5) is 0 Å². The van der Waals surface area contributed by atoms with E-state index in [-0.39, 0.29) is 5.78 Å². The molecule has 2 N–H and O–H groups in total. The summed E-state index contributed by atoms with van der Waals surface area (Å²) in [5.41, 5.74) is 5.82. The van der Waals surface area contributed by atoms with Crippen LogP contribution in [-0.2, 0) is 9.53 Å². The Morgan fingerprint density at radius 3 is 2.73 bits per heavy atom. The lowest BCUT2D eigenvalue weighted by atomic mass is 9.78. The summed E-state index contributed by atoms with van der Waals surface area (Å²) in [5.74, 6) is 0.0307. The van der Waals surface area contributed by atoms with Gasteiger partial charge in [0.1, 0.15) is 5.60 Å². The fourth-order valence-electron chi connectivity index (χ4n) is 2.24. The molecule has 3 heteroatoms. The number of rotatable bonds is 3. The monoisotopic (exact) mass is 209 g/mol. The third kappa shape index (κ3) is 1.86. The highest BCUT2D eigenvalue weighted by Gasteiger charge is 2.53. The summed E-state index contributed by atoms with van der Waals surface area (Å²) < 4.78 is 5.18. The Morgan fingerprint density at radius 1 is 1.60 bits per heavy atom. The lowest BCUT2D eigenvalue weighted by Crippen LogP contribution is -2.52. The maximum absolute atomic E-state index is 12.2. The van der Waals surface area contributed by atoms with Gasteiger partial charge >= 0.3 is 0 Å². The van der Waals surface area contributed by atoms with Gasteiger partial charge < -0.3 is 10.5 Å². The molecule has 0 spiro atoms. The van der Waals surface area contributed by atoms with Gasteiger partial charge in [0.05, 0.1) is 12.1 Å². The fourth-order valence-corrected chi connectivity index (χ4v) is 2.24. The van der Waals surface area contributed by atoms with E-state index in [0.717, 1.165) is 24.8 Å². The van der Waals surface area contributed by atoms with E-state index in [1.54, 1.807) is 0 Å². The van der Waals surface area contributed by atoms with Crippen LogP contribution in [0.1, 0.15) is 39.5 Å². The van der Waals surface area contributed by atoms with Gasteiger partial charge in [-0.2, -0.15) is 0 Å². The van der Waals surface area contributed by atoms with Crippen molar-refractivity contribution in [2.75, 3.05) is 6.61 Å². The van der Waals surface area contributed by atoms with Gasteiger partial charge in [-0.05, 0) is 45.1 Å². The normalized spacial score (nSPS) is 34.2. The standard InChI is InChI=1S/C12H19NO2/c1-11(8-15-11)10(14)12(2,13)9-6-4-3-5-7-9/h6H,3-5,7-8,13H2,1-2H3/t11-,12+/m1/s1. The van der Waals surface area contributed by atoms with Crippen LogP contribution in [0.3, 0.4) is 0 Å². The molecule has 3 nitrogen and oxygen atoms in total. The Bertz CT molecular complexity index is 314. The second kappa shape index (κ2) is 3.42. The van der Waals surface area contributed by atoms with Crippen molar-refractivity contribution in [3.8, 4) is 0 Å². The molecule has 0 amide bonds. The van der Waals surface area contributed by atoms with Crippen LogP contribution >= 0.6 is 0 Å². The number of hydrogen-bond donors (Lipinski definition) is 1. The van der Waals surface area contributed by atoms with E-state index < -0.39 is 11.1 Å². The highest BCUT2D eigenvalue weighted by molar-refractivity contribution is 5.99. The third-order valence-corrected chi connectivity index (χ3v) is 3.49. The highest BCUT2D eigenvalue weighted by Crippen LogP contribution is 2.35. The number of Topliss-reactive ketones (excluding diaryl/α,β-unsaturated/α-hetero) is 1. The SMILES string of the molecule is C[C@@](N)(C(=O)[C@@]1(C)CO1)C1=CCCCC1. The van der Waals surface area contributed by atoms with Gasteiger partial charge in [-0.25, -0.2) is 0 Å². The maximum Gasteiger partial charge on any atom is 0.190 e. The lowest BCUT2D eigenvalue weighted by Gasteiger charge is -2.30. The van der Waals surface area contributed by atoms with Gasteiger partial charge in [-0.1, -0.05) is 6.08 Å².